The van der Waals surface area contributed by atoms with E-state index in [1.807, 2.05) is 32.5 Å². The molecule has 7 heteroatoms. The Morgan fingerprint density at radius 1 is 1.50 bits per heavy atom. The summed E-state index contributed by atoms with van der Waals surface area (Å²) in [7, 11) is 1.93. The first-order chi connectivity index (χ1) is 9.92. The number of hydrogen-bond donors (Lipinski definition) is 2. The molecule has 2 aromatic heterocycles. The number of nitrogens with zero attached hydrogens (tertiary/aromatic N) is 2. The van der Waals surface area contributed by atoms with Crippen LogP contribution in [0.25, 0.3) is 0 Å². The molecule has 0 radical (unpaired) electrons. The highest BCUT2D eigenvalue weighted by Crippen LogP contribution is 2.14. The monoisotopic (exact) mass is 326 g/mol. The smallest absolute Gasteiger partial charge is 0.254 e. The lowest BCUT2D eigenvalue weighted by Crippen LogP contribution is -2.34. The van der Waals surface area contributed by atoms with Crippen molar-refractivity contribution in [2.45, 2.75) is 39.8 Å². The second kappa shape index (κ2) is 7.47. The molecule has 2 aromatic rings. The molecule has 1 atom stereocenters. The normalized spacial score (nSPS) is 11.9. The Morgan fingerprint density at radius 3 is 2.68 bits per heavy atom. The Labute approximate surface area is 136 Å². The number of nitrogens with one attached hydrogen (secondary N) is 1. The predicted octanol–water partition coefficient (Wildman–Crippen LogP) is 1.87. The summed E-state index contributed by atoms with van der Waals surface area (Å²) in [6.07, 6.45) is 2.18. The van der Waals surface area contributed by atoms with Gasteiger partial charge in [-0.2, -0.15) is 5.10 Å². The van der Waals surface area contributed by atoms with Crippen LogP contribution in [0.5, 0.6) is 0 Å². The minimum Gasteiger partial charge on any atom is -0.467 e. The molecule has 0 aliphatic carbocycles. The Morgan fingerprint density at radius 2 is 2.18 bits per heavy atom. The van der Waals surface area contributed by atoms with Gasteiger partial charge in [-0.1, -0.05) is 0 Å². The van der Waals surface area contributed by atoms with Gasteiger partial charge in [0.1, 0.15) is 12.0 Å². The standard InChI is InChI=1S/C15H22N4O2.ClH/c1-9(5-14-10(2)18-19(4)11(14)3)17-15(20)12-6-13(7-16)21-8-12;/h6,8-9H,5,7,16H2,1-4H3,(H,17,20);1H. The quantitative estimate of drug-likeness (QED) is 0.878. The lowest BCUT2D eigenvalue weighted by Gasteiger charge is -2.13. The second-order valence-electron chi connectivity index (χ2n) is 5.36. The van der Waals surface area contributed by atoms with Crippen molar-refractivity contribution in [1.29, 1.82) is 0 Å². The molecule has 1 unspecified atom stereocenters. The van der Waals surface area contributed by atoms with Crippen molar-refractivity contribution >= 4 is 18.3 Å². The fourth-order valence-corrected chi connectivity index (χ4v) is 2.38. The van der Waals surface area contributed by atoms with Gasteiger partial charge in [-0.25, -0.2) is 0 Å². The molecule has 0 saturated carbocycles. The zero-order valence-electron chi connectivity index (χ0n) is 13.3. The molecule has 0 bridgehead atoms. The Kier molecular flexibility index (Phi) is 6.20. The van der Waals surface area contributed by atoms with Crippen LogP contribution in [-0.4, -0.2) is 21.7 Å². The molecule has 0 aromatic carbocycles. The van der Waals surface area contributed by atoms with E-state index in [-0.39, 0.29) is 30.9 Å². The number of rotatable bonds is 5. The summed E-state index contributed by atoms with van der Waals surface area (Å²) in [5.41, 5.74) is 9.28. The number of carbonyl (C=O) groups excluding carboxylic acids is 1. The molecule has 2 heterocycles. The molecule has 0 aliphatic heterocycles. The fraction of sp³-hybridized carbons (Fsp3) is 0.467. The minimum atomic E-state index is -0.148. The largest absolute Gasteiger partial charge is 0.467 e. The Balaban J connectivity index is 0.00000242. The summed E-state index contributed by atoms with van der Waals surface area (Å²) in [5.74, 6) is 0.455. The zero-order chi connectivity index (χ0) is 15.6. The van der Waals surface area contributed by atoms with Crippen molar-refractivity contribution in [2.75, 3.05) is 0 Å². The lowest BCUT2D eigenvalue weighted by atomic mass is 10.1. The number of halogens is 1. The number of furan rings is 1. The Hall–Kier alpha value is -1.79. The Bertz CT molecular complexity index is 648. The highest BCUT2D eigenvalue weighted by atomic mass is 35.5. The van der Waals surface area contributed by atoms with Gasteiger partial charge in [-0.3, -0.25) is 9.48 Å². The van der Waals surface area contributed by atoms with Gasteiger partial charge in [-0.05, 0) is 38.8 Å². The summed E-state index contributed by atoms with van der Waals surface area (Å²) < 4.78 is 7.04. The average Bonchev–Trinajstić information content (AvgIpc) is 3.00. The first-order valence-electron chi connectivity index (χ1n) is 6.99. The van der Waals surface area contributed by atoms with E-state index >= 15 is 0 Å². The van der Waals surface area contributed by atoms with Crippen molar-refractivity contribution in [3.8, 4) is 0 Å². The van der Waals surface area contributed by atoms with Crippen molar-refractivity contribution in [1.82, 2.24) is 15.1 Å². The van der Waals surface area contributed by atoms with Crippen LogP contribution in [0, 0.1) is 13.8 Å². The van der Waals surface area contributed by atoms with E-state index in [2.05, 4.69) is 10.4 Å². The summed E-state index contributed by atoms with van der Waals surface area (Å²) in [6.45, 7) is 6.29. The number of nitrogens with two attached hydrogens (primary N) is 1. The average molecular weight is 327 g/mol. The number of aryl methyl sites for hydroxylation is 2. The van der Waals surface area contributed by atoms with Crippen LogP contribution < -0.4 is 11.1 Å². The molecular formula is C15H23ClN4O2. The van der Waals surface area contributed by atoms with Gasteiger partial charge in [0.15, 0.2) is 0 Å². The van der Waals surface area contributed by atoms with Crippen LogP contribution in [-0.2, 0) is 20.0 Å². The van der Waals surface area contributed by atoms with E-state index in [1.54, 1.807) is 6.07 Å². The van der Waals surface area contributed by atoms with E-state index in [0.29, 0.717) is 11.3 Å². The fourth-order valence-electron chi connectivity index (χ4n) is 2.38. The first-order valence-corrected chi connectivity index (χ1v) is 6.99. The summed E-state index contributed by atoms with van der Waals surface area (Å²) in [6, 6.07) is 1.68. The number of amides is 1. The van der Waals surface area contributed by atoms with Gasteiger partial charge < -0.3 is 15.5 Å². The van der Waals surface area contributed by atoms with Crippen molar-refractivity contribution in [2.24, 2.45) is 12.8 Å². The van der Waals surface area contributed by atoms with E-state index in [1.165, 1.54) is 11.8 Å². The van der Waals surface area contributed by atoms with Crippen LogP contribution in [0.1, 0.15) is 40.0 Å². The predicted molar refractivity (Wildman–Crippen MR) is 87.2 cm³/mol. The molecule has 22 heavy (non-hydrogen) atoms. The summed E-state index contributed by atoms with van der Waals surface area (Å²) in [5, 5.41) is 7.36. The first kappa shape index (κ1) is 18.3. The molecule has 0 fully saturated rings. The van der Waals surface area contributed by atoms with Gasteiger partial charge in [0.25, 0.3) is 5.91 Å². The molecule has 0 aliphatic rings. The maximum absolute atomic E-state index is 12.1. The topological polar surface area (TPSA) is 86.1 Å². The van der Waals surface area contributed by atoms with Gasteiger partial charge in [0, 0.05) is 18.8 Å². The highest BCUT2D eigenvalue weighted by molar-refractivity contribution is 5.94. The third kappa shape index (κ3) is 3.90. The van der Waals surface area contributed by atoms with Crippen LogP contribution in [0.3, 0.4) is 0 Å². The van der Waals surface area contributed by atoms with Crippen LogP contribution in [0.15, 0.2) is 16.7 Å². The number of aromatic nitrogens is 2. The maximum atomic E-state index is 12.1. The van der Waals surface area contributed by atoms with E-state index < -0.39 is 0 Å². The third-order valence-electron chi connectivity index (χ3n) is 3.66. The van der Waals surface area contributed by atoms with Crippen molar-refractivity contribution in [3.63, 3.8) is 0 Å². The molecule has 0 spiro atoms. The summed E-state index contributed by atoms with van der Waals surface area (Å²) >= 11 is 0. The summed E-state index contributed by atoms with van der Waals surface area (Å²) in [4.78, 5) is 12.1. The van der Waals surface area contributed by atoms with E-state index in [4.69, 9.17) is 10.2 Å². The molecule has 6 nitrogen and oxygen atoms in total. The molecule has 1 amide bonds. The molecule has 122 valence electrons. The molecule has 3 N–H and O–H groups in total. The van der Waals surface area contributed by atoms with Crippen LogP contribution in [0.4, 0.5) is 0 Å². The maximum Gasteiger partial charge on any atom is 0.254 e. The highest BCUT2D eigenvalue weighted by Gasteiger charge is 2.16. The minimum absolute atomic E-state index is 0. The van der Waals surface area contributed by atoms with Gasteiger partial charge in [0.2, 0.25) is 0 Å². The zero-order valence-corrected chi connectivity index (χ0v) is 14.2. The number of carbonyl (C=O) groups is 1. The second-order valence-corrected chi connectivity index (χ2v) is 5.36. The lowest BCUT2D eigenvalue weighted by molar-refractivity contribution is 0.0939. The van der Waals surface area contributed by atoms with E-state index in [9.17, 15) is 4.79 Å². The number of hydrogen-bond acceptors (Lipinski definition) is 4. The van der Waals surface area contributed by atoms with Crippen molar-refractivity contribution in [3.05, 3.63) is 40.6 Å². The van der Waals surface area contributed by atoms with Crippen LogP contribution in [0.2, 0.25) is 0 Å². The van der Waals surface area contributed by atoms with Gasteiger partial charge in [-0.15, -0.1) is 12.4 Å². The third-order valence-corrected chi connectivity index (χ3v) is 3.66. The molecule has 2 rings (SSSR count). The molecule has 0 saturated heterocycles. The van der Waals surface area contributed by atoms with Crippen LogP contribution >= 0.6 is 12.4 Å². The SMILES string of the molecule is Cc1nn(C)c(C)c1CC(C)NC(=O)c1coc(CN)c1.Cl. The van der Waals surface area contributed by atoms with Gasteiger partial charge in [0.05, 0.1) is 17.8 Å². The van der Waals surface area contributed by atoms with E-state index in [0.717, 1.165) is 17.8 Å². The van der Waals surface area contributed by atoms with Gasteiger partial charge >= 0.3 is 0 Å². The molecular weight excluding hydrogens is 304 g/mol. The van der Waals surface area contributed by atoms with Crippen molar-refractivity contribution < 1.29 is 9.21 Å².